The second-order valence-electron chi connectivity index (χ2n) is 5.95. The van der Waals surface area contributed by atoms with Crippen molar-refractivity contribution in [1.82, 2.24) is 9.13 Å². The van der Waals surface area contributed by atoms with E-state index in [9.17, 15) is 9.59 Å². The monoisotopic (exact) mass is 274 g/mol. The van der Waals surface area contributed by atoms with Crippen LogP contribution in [0.4, 0.5) is 0 Å². The van der Waals surface area contributed by atoms with Crippen molar-refractivity contribution in [2.45, 2.75) is 38.8 Å². The Bertz CT molecular complexity index is 839. The third-order valence-electron chi connectivity index (χ3n) is 4.10. The van der Waals surface area contributed by atoms with Gasteiger partial charge in [-0.25, -0.2) is 4.79 Å². The summed E-state index contributed by atoms with van der Waals surface area (Å²) in [6, 6.07) is 0. The number of hydrogen-bond acceptors (Lipinski definition) is 2. The van der Waals surface area contributed by atoms with E-state index in [1.165, 1.54) is 4.57 Å². The van der Waals surface area contributed by atoms with Gasteiger partial charge in [0.2, 0.25) is 0 Å². The number of guanidine groups is 1. The fourth-order valence-corrected chi connectivity index (χ4v) is 2.58. The number of nitrogens with zero attached hydrogens (tertiary/aromatic N) is 4. The van der Waals surface area contributed by atoms with Crippen LogP contribution in [0.2, 0.25) is 0 Å². The Morgan fingerprint density at radius 3 is 2.20 bits per heavy atom. The van der Waals surface area contributed by atoms with Crippen molar-refractivity contribution in [3.05, 3.63) is 31.7 Å². The van der Waals surface area contributed by atoms with Crippen LogP contribution in [0.5, 0.6) is 0 Å². The molecule has 2 aliphatic carbocycles. The normalized spacial score (nSPS) is 20.5. The zero-order valence-corrected chi connectivity index (χ0v) is 11.1. The molecule has 1 aromatic heterocycles. The van der Waals surface area contributed by atoms with E-state index in [0.29, 0.717) is 30.4 Å². The molecule has 1 aromatic rings. The topological polar surface area (TPSA) is 94.3 Å². The molecule has 7 heteroatoms. The average molecular weight is 274 g/mol. The molecule has 0 aromatic carbocycles. The molecule has 2 saturated carbocycles. The summed E-state index contributed by atoms with van der Waals surface area (Å²) in [5.74, 6) is 1.03. The molecule has 2 N–H and O–H groups in total. The van der Waals surface area contributed by atoms with Gasteiger partial charge in [0.15, 0.2) is 0 Å². The van der Waals surface area contributed by atoms with Crippen LogP contribution in [0.3, 0.4) is 0 Å². The average Bonchev–Trinajstić information content (AvgIpc) is 3.31. The molecule has 4 rings (SSSR count). The van der Waals surface area contributed by atoms with Crippen molar-refractivity contribution >= 4 is 5.96 Å². The predicted octanol–water partition coefficient (Wildman–Crippen LogP) is -2.80. The maximum atomic E-state index is 12.6. The Kier molecular flexibility index (Phi) is 2.33. The van der Waals surface area contributed by atoms with Crippen LogP contribution in [0.15, 0.2) is 19.6 Å². The summed E-state index contributed by atoms with van der Waals surface area (Å²) in [6.45, 7) is 1.10. The van der Waals surface area contributed by atoms with Crippen LogP contribution < -0.4 is 27.5 Å². The van der Waals surface area contributed by atoms with Gasteiger partial charge < -0.3 is 0 Å². The molecule has 2 fully saturated rings. The first-order valence-electron chi connectivity index (χ1n) is 7.07. The van der Waals surface area contributed by atoms with Crippen LogP contribution in [0, 0.1) is 11.8 Å². The van der Waals surface area contributed by atoms with E-state index in [2.05, 4.69) is 9.98 Å². The van der Waals surface area contributed by atoms with Gasteiger partial charge >= 0.3 is 17.2 Å². The Balaban J connectivity index is 1.97. The highest BCUT2D eigenvalue weighted by Crippen LogP contribution is 2.30. The van der Waals surface area contributed by atoms with Crippen molar-refractivity contribution in [2.24, 2.45) is 21.8 Å². The molecule has 0 amide bonds. The van der Waals surface area contributed by atoms with Crippen LogP contribution in [0.25, 0.3) is 0 Å². The lowest BCUT2D eigenvalue weighted by Crippen LogP contribution is -2.57. The highest BCUT2D eigenvalue weighted by atomic mass is 16.2. The molecule has 1 aliphatic heterocycles. The SMILES string of the molecule is [NH2+]=C1N=c2c(=O)n(CC3CC3)c(=O)n(CC3CC3)c2=N1. The zero-order valence-electron chi connectivity index (χ0n) is 11.1. The summed E-state index contributed by atoms with van der Waals surface area (Å²) >= 11 is 0. The number of fused-ring (bicyclic) bond motifs is 1. The number of rotatable bonds is 4. The van der Waals surface area contributed by atoms with Gasteiger partial charge in [0.1, 0.15) is 0 Å². The minimum absolute atomic E-state index is 0.0604. The quantitative estimate of drug-likeness (QED) is 0.642. The summed E-state index contributed by atoms with van der Waals surface area (Å²) in [5.41, 5.74) is -0.272. The maximum absolute atomic E-state index is 12.6. The second kappa shape index (κ2) is 3.97. The fraction of sp³-hybridized carbons (Fsp3) is 0.615. The third-order valence-corrected chi connectivity index (χ3v) is 4.10. The van der Waals surface area contributed by atoms with Crippen LogP contribution in [-0.4, -0.2) is 15.1 Å². The second-order valence-corrected chi connectivity index (χ2v) is 5.95. The van der Waals surface area contributed by atoms with Crippen molar-refractivity contribution in [1.29, 1.82) is 0 Å². The van der Waals surface area contributed by atoms with Crippen molar-refractivity contribution in [3.8, 4) is 0 Å². The van der Waals surface area contributed by atoms with Gasteiger partial charge in [0.25, 0.3) is 10.8 Å². The zero-order chi connectivity index (χ0) is 13.9. The molecule has 0 saturated heterocycles. The molecule has 0 radical (unpaired) electrons. The van der Waals surface area contributed by atoms with Crippen molar-refractivity contribution in [2.75, 3.05) is 0 Å². The Labute approximate surface area is 113 Å². The summed E-state index contributed by atoms with van der Waals surface area (Å²) in [4.78, 5) is 33.0. The van der Waals surface area contributed by atoms with E-state index in [1.54, 1.807) is 4.57 Å². The third kappa shape index (κ3) is 1.85. The largest absolute Gasteiger partial charge is 0.426 e. The molecular weight excluding hydrogens is 258 g/mol. The molecule has 0 spiro atoms. The molecule has 0 atom stereocenters. The van der Waals surface area contributed by atoms with Gasteiger partial charge in [-0.05, 0) is 42.5 Å². The van der Waals surface area contributed by atoms with Crippen LogP contribution in [0.1, 0.15) is 25.7 Å². The summed E-state index contributed by atoms with van der Waals surface area (Å²) in [7, 11) is 0. The smallest absolute Gasteiger partial charge is 0.284 e. The molecular formula is C13H16N5O2+. The highest BCUT2D eigenvalue weighted by Gasteiger charge is 2.30. The van der Waals surface area contributed by atoms with E-state index >= 15 is 0 Å². The molecule has 20 heavy (non-hydrogen) atoms. The van der Waals surface area contributed by atoms with Gasteiger partial charge in [0.05, 0.1) is 0 Å². The van der Waals surface area contributed by atoms with Crippen LogP contribution in [-0.2, 0) is 13.1 Å². The number of aromatic nitrogens is 2. The first-order chi connectivity index (χ1) is 9.63. The standard InChI is InChI=1S/C13H15N5O2/c14-12-15-9-10(16-12)17(5-7-1-2-7)13(20)18(11(9)19)6-8-3-4-8/h7-8,14H,1-6H2/p+1. The number of hydrogen-bond donors (Lipinski definition) is 1. The van der Waals surface area contributed by atoms with E-state index in [0.717, 1.165) is 25.7 Å². The van der Waals surface area contributed by atoms with Gasteiger partial charge in [-0.3, -0.25) is 19.3 Å². The lowest BCUT2D eigenvalue weighted by Gasteiger charge is -2.07. The molecule has 3 aliphatic rings. The Morgan fingerprint density at radius 1 is 1.00 bits per heavy atom. The Hall–Kier alpha value is -2.05. The van der Waals surface area contributed by atoms with Crippen molar-refractivity contribution in [3.63, 3.8) is 0 Å². The lowest BCUT2D eigenvalue weighted by molar-refractivity contribution is -0.116. The van der Waals surface area contributed by atoms with E-state index in [4.69, 9.17) is 5.41 Å². The fourth-order valence-electron chi connectivity index (χ4n) is 2.58. The molecule has 0 unspecified atom stereocenters. The summed E-state index contributed by atoms with van der Waals surface area (Å²) < 4.78 is 2.90. The minimum atomic E-state index is -0.354. The lowest BCUT2D eigenvalue weighted by atomic mass is 10.4. The minimum Gasteiger partial charge on any atom is -0.284 e. The maximum Gasteiger partial charge on any atom is 0.426 e. The number of nitrogens with two attached hydrogens (primary N) is 1. The van der Waals surface area contributed by atoms with Gasteiger partial charge in [-0.15, -0.1) is 0 Å². The first-order valence-corrected chi connectivity index (χ1v) is 7.07. The first kappa shape index (κ1) is 11.7. The predicted molar refractivity (Wildman–Crippen MR) is 69.7 cm³/mol. The molecule has 7 nitrogen and oxygen atoms in total. The van der Waals surface area contributed by atoms with Gasteiger partial charge in [-0.2, -0.15) is 0 Å². The molecule has 2 heterocycles. The molecule has 0 bridgehead atoms. The highest BCUT2D eigenvalue weighted by molar-refractivity contribution is 5.76. The van der Waals surface area contributed by atoms with Crippen LogP contribution >= 0.6 is 0 Å². The van der Waals surface area contributed by atoms with E-state index < -0.39 is 0 Å². The van der Waals surface area contributed by atoms with Crippen molar-refractivity contribution < 1.29 is 5.41 Å². The molecule has 104 valence electrons. The Morgan fingerprint density at radius 2 is 1.60 bits per heavy atom. The summed E-state index contributed by atoms with van der Waals surface area (Å²) in [5, 5.41) is 5.83. The van der Waals surface area contributed by atoms with Gasteiger partial charge in [0, 0.05) is 13.1 Å². The van der Waals surface area contributed by atoms with E-state index in [-0.39, 0.29) is 22.6 Å². The summed E-state index contributed by atoms with van der Waals surface area (Å²) in [6.07, 6.45) is 4.42. The van der Waals surface area contributed by atoms with Gasteiger partial charge in [-0.1, -0.05) is 4.99 Å². The van der Waals surface area contributed by atoms with E-state index in [1.807, 2.05) is 0 Å².